The number of piperidine rings is 1. The standard InChI is InChI=1S/C19H22N4O2/c24-18(7-6-16-4-2-1-3-5-16)21-14-19(25)22-11-8-17(9-12-22)23-13-10-20-15-23/h1-7,10,13,15,17H,8-9,11-12,14H2,(H,21,24)/b7-6-. The maximum atomic E-state index is 12.2. The summed E-state index contributed by atoms with van der Waals surface area (Å²) in [6, 6.07) is 9.98. The largest absolute Gasteiger partial charge is 0.343 e. The van der Waals surface area contributed by atoms with Crippen molar-refractivity contribution >= 4 is 17.9 Å². The molecule has 2 amide bonds. The van der Waals surface area contributed by atoms with Crippen LogP contribution in [-0.4, -0.2) is 45.9 Å². The highest BCUT2D eigenvalue weighted by atomic mass is 16.2. The van der Waals surface area contributed by atoms with Crippen LogP contribution in [0.3, 0.4) is 0 Å². The Bertz CT molecular complexity index is 717. The van der Waals surface area contributed by atoms with Gasteiger partial charge in [-0.1, -0.05) is 30.3 Å². The molecular formula is C19H22N4O2. The summed E-state index contributed by atoms with van der Waals surface area (Å²) in [5.74, 6) is -0.295. The number of hydrogen-bond acceptors (Lipinski definition) is 3. The van der Waals surface area contributed by atoms with Crippen LogP contribution in [0.4, 0.5) is 0 Å². The van der Waals surface area contributed by atoms with Crippen LogP contribution < -0.4 is 5.32 Å². The second-order valence-electron chi connectivity index (χ2n) is 6.08. The lowest BCUT2D eigenvalue weighted by Crippen LogP contribution is -2.44. The number of carbonyl (C=O) groups excluding carboxylic acids is 2. The van der Waals surface area contributed by atoms with Gasteiger partial charge in [-0.3, -0.25) is 9.59 Å². The molecule has 6 heteroatoms. The molecule has 2 heterocycles. The Hall–Kier alpha value is -2.89. The van der Waals surface area contributed by atoms with Gasteiger partial charge in [-0.05, 0) is 24.5 Å². The third-order valence-corrected chi connectivity index (χ3v) is 4.40. The molecule has 0 aliphatic carbocycles. The van der Waals surface area contributed by atoms with Gasteiger partial charge in [0.05, 0.1) is 12.9 Å². The van der Waals surface area contributed by atoms with Crippen molar-refractivity contribution < 1.29 is 9.59 Å². The Morgan fingerprint density at radius 3 is 2.64 bits per heavy atom. The predicted molar refractivity (Wildman–Crippen MR) is 95.6 cm³/mol. The normalized spacial score (nSPS) is 15.4. The lowest BCUT2D eigenvalue weighted by atomic mass is 10.0. The van der Waals surface area contributed by atoms with Crippen molar-refractivity contribution in [3.8, 4) is 0 Å². The molecule has 0 spiro atoms. The van der Waals surface area contributed by atoms with Crippen molar-refractivity contribution in [1.29, 1.82) is 0 Å². The highest BCUT2D eigenvalue weighted by Crippen LogP contribution is 2.21. The van der Waals surface area contributed by atoms with Crippen molar-refractivity contribution in [1.82, 2.24) is 19.8 Å². The fourth-order valence-electron chi connectivity index (χ4n) is 2.97. The van der Waals surface area contributed by atoms with Crippen molar-refractivity contribution in [3.05, 3.63) is 60.7 Å². The molecule has 2 aromatic rings. The Balaban J connectivity index is 1.41. The summed E-state index contributed by atoms with van der Waals surface area (Å²) in [7, 11) is 0. The van der Waals surface area contributed by atoms with E-state index < -0.39 is 0 Å². The summed E-state index contributed by atoms with van der Waals surface area (Å²) in [5.41, 5.74) is 0.950. The maximum Gasteiger partial charge on any atom is 0.244 e. The van der Waals surface area contributed by atoms with Gasteiger partial charge in [0.2, 0.25) is 11.8 Å². The average molecular weight is 338 g/mol. The number of imidazole rings is 1. The summed E-state index contributed by atoms with van der Waals surface area (Å²) < 4.78 is 2.10. The first-order valence-electron chi connectivity index (χ1n) is 8.48. The molecule has 1 fully saturated rings. The molecular weight excluding hydrogens is 316 g/mol. The Morgan fingerprint density at radius 2 is 1.96 bits per heavy atom. The molecule has 0 bridgehead atoms. The Kier molecular flexibility index (Phi) is 5.61. The van der Waals surface area contributed by atoms with Crippen LogP contribution >= 0.6 is 0 Å². The zero-order chi connectivity index (χ0) is 17.5. The van der Waals surface area contributed by atoms with Crippen LogP contribution in [0.25, 0.3) is 6.08 Å². The molecule has 6 nitrogen and oxygen atoms in total. The average Bonchev–Trinajstić information content (AvgIpc) is 3.20. The van der Waals surface area contributed by atoms with Gasteiger partial charge < -0.3 is 14.8 Å². The molecule has 0 unspecified atom stereocenters. The predicted octanol–water partition coefficient (Wildman–Crippen LogP) is 1.88. The zero-order valence-corrected chi connectivity index (χ0v) is 14.0. The topological polar surface area (TPSA) is 67.2 Å². The summed E-state index contributed by atoms with van der Waals surface area (Å²) in [6.45, 7) is 1.45. The van der Waals surface area contributed by atoms with E-state index in [1.165, 1.54) is 6.08 Å². The second kappa shape index (κ2) is 8.28. The summed E-state index contributed by atoms with van der Waals surface area (Å²) in [4.78, 5) is 30.0. The van der Waals surface area contributed by atoms with E-state index in [1.807, 2.05) is 47.8 Å². The van der Waals surface area contributed by atoms with Gasteiger partial charge in [0.25, 0.3) is 0 Å². The molecule has 0 atom stereocenters. The Morgan fingerprint density at radius 1 is 1.20 bits per heavy atom. The zero-order valence-electron chi connectivity index (χ0n) is 14.0. The van der Waals surface area contributed by atoms with Crippen LogP contribution in [0.15, 0.2) is 55.1 Å². The number of nitrogens with zero attached hydrogens (tertiary/aromatic N) is 3. The highest BCUT2D eigenvalue weighted by molar-refractivity contribution is 5.94. The van der Waals surface area contributed by atoms with Crippen molar-refractivity contribution in [2.45, 2.75) is 18.9 Å². The van der Waals surface area contributed by atoms with Crippen LogP contribution in [0.1, 0.15) is 24.4 Å². The van der Waals surface area contributed by atoms with Gasteiger partial charge in [-0.2, -0.15) is 0 Å². The number of aromatic nitrogens is 2. The van der Waals surface area contributed by atoms with E-state index in [4.69, 9.17) is 0 Å². The summed E-state index contributed by atoms with van der Waals surface area (Å²) in [6.07, 6.45) is 10.6. The third-order valence-electron chi connectivity index (χ3n) is 4.40. The van der Waals surface area contributed by atoms with Gasteiger partial charge in [0.1, 0.15) is 0 Å². The van der Waals surface area contributed by atoms with E-state index >= 15 is 0 Å². The van der Waals surface area contributed by atoms with Gasteiger partial charge in [-0.25, -0.2) is 4.98 Å². The van der Waals surface area contributed by atoms with Gasteiger partial charge >= 0.3 is 0 Å². The second-order valence-corrected chi connectivity index (χ2v) is 6.08. The van der Waals surface area contributed by atoms with Gasteiger partial charge in [0, 0.05) is 37.6 Å². The molecule has 1 aliphatic rings. The van der Waals surface area contributed by atoms with E-state index in [0.717, 1.165) is 18.4 Å². The van der Waals surface area contributed by atoms with Crippen molar-refractivity contribution in [2.24, 2.45) is 0 Å². The first kappa shape index (κ1) is 17.0. The lowest BCUT2D eigenvalue weighted by molar-refractivity contribution is -0.133. The number of benzene rings is 1. The number of hydrogen-bond donors (Lipinski definition) is 1. The van der Waals surface area contributed by atoms with Crippen LogP contribution in [0.2, 0.25) is 0 Å². The molecule has 1 aromatic heterocycles. The van der Waals surface area contributed by atoms with Crippen LogP contribution in [-0.2, 0) is 9.59 Å². The van der Waals surface area contributed by atoms with Crippen molar-refractivity contribution in [3.63, 3.8) is 0 Å². The summed E-state index contributed by atoms with van der Waals surface area (Å²) in [5, 5.41) is 2.66. The fourth-order valence-corrected chi connectivity index (χ4v) is 2.97. The SMILES string of the molecule is O=C(/C=C\c1ccccc1)NCC(=O)N1CCC(n2ccnc2)CC1. The number of rotatable bonds is 5. The smallest absolute Gasteiger partial charge is 0.244 e. The van der Waals surface area contributed by atoms with E-state index in [2.05, 4.69) is 14.9 Å². The quantitative estimate of drug-likeness (QED) is 0.847. The maximum absolute atomic E-state index is 12.2. The minimum Gasteiger partial charge on any atom is -0.343 e. The molecule has 3 rings (SSSR count). The first-order valence-corrected chi connectivity index (χ1v) is 8.48. The molecule has 0 radical (unpaired) electrons. The van der Waals surface area contributed by atoms with Gasteiger partial charge in [0.15, 0.2) is 0 Å². The van der Waals surface area contributed by atoms with Gasteiger partial charge in [-0.15, -0.1) is 0 Å². The molecule has 0 saturated carbocycles. The molecule has 1 N–H and O–H groups in total. The van der Waals surface area contributed by atoms with E-state index in [1.54, 1.807) is 12.3 Å². The first-order chi connectivity index (χ1) is 12.2. The van der Waals surface area contributed by atoms with Crippen molar-refractivity contribution in [2.75, 3.05) is 19.6 Å². The van der Waals surface area contributed by atoms with Crippen LogP contribution in [0, 0.1) is 0 Å². The number of amides is 2. The van der Waals surface area contributed by atoms with Crippen LogP contribution in [0.5, 0.6) is 0 Å². The highest BCUT2D eigenvalue weighted by Gasteiger charge is 2.23. The molecule has 130 valence electrons. The minimum atomic E-state index is -0.259. The molecule has 1 aliphatic heterocycles. The van der Waals surface area contributed by atoms with E-state index in [9.17, 15) is 9.59 Å². The number of carbonyl (C=O) groups is 2. The fraction of sp³-hybridized carbons (Fsp3) is 0.316. The molecule has 1 aromatic carbocycles. The number of nitrogens with one attached hydrogen (secondary N) is 1. The number of likely N-dealkylation sites (tertiary alicyclic amines) is 1. The summed E-state index contributed by atoms with van der Waals surface area (Å²) >= 11 is 0. The third kappa shape index (κ3) is 4.79. The molecule has 1 saturated heterocycles. The monoisotopic (exact) mass is 338 g/mol. The molecule has 25 heavy (non-hydrogen) atoms. The Labute approximate surface area is 147 Å². The lowest BCUT2D eigenvalue weighted by Gasteiger charge is -2.32. The minimum absolute atomic E-state index is 0.0354. The van der Waals surface area contributed by atoms with E-state index in [0.29, 0.717) is 19.1 Å². The van der Waals surface area contributed by atoms with E-state index in [-0.39, 0.29) is 18.4 Å².